The molecule has 0 radical (unpaired) electrons. The fraction of sp³-hybridized carbons (Fsp3) is 0.636. The van der Waals surface area contributed by atoms with Crippen molar-refractivity contribution in [2.45, 2.75) is 77.1 Å². The van der Waals surface area contributed by atoms with Gasteiger partial charge in [0.15, 0.2) is 8.32 Å². The first-order chi connectivity index (χ1) is 12.9. The highest BCUT2D eigenvalue weighted by Crippen LogP contribution is 2.38. The van der Waals surface area contributed by atoms with Gasteiger partial charge in [-0.3, -0.25) is 4.79 Å². The van der Waals surface area contributed by atoms with E-state index in [2.05, 4.69) is 51.8 Å². The lowest BCUT2D eigenvalue weighted by Crippen LogP contribution is -2.45. The van der Waals surface area contributed by atoms with Crippen LogP contribution in [0.2, 0.25) is 18.1 Å². The van der Waals surface area contributed by atoms with Crippen molar-refractivity contribution in [3.63, 3.8) is 0 Å². The van der Waals surface area contributed by atoms with E-state index in [1.165, 1.54) is 14.2 Å². The first kappa shape index (κ1) is 26.3. The third-order valence-electron chi connectivity index (χ3n) is 5.15. The van der Waals surface area contributed by atoms with E-state index in [-0.39, 0.29) is 17.1 Å². The number of hydrogen-bond acceptors (Lipinski definition) is 5. The van der Waals surface area contributed by atoms with Gasteiger partial charge < -0.3 is 13.9 Å². The molecule has 0 N–H and O–H groups in total. The largest absolute Gasteiger partial charge is 0.469 e. The van der Waals surface area contributed by atoms with Crippen LogP contribution in [-0.2, 0) is 23.5 Å². The zero-order chi connectivity index (χ0) is 22.0. The second-order valence-corrected chi connectivity index (χ2v) is 13.2. The summed E-state index contributed by atoms with van der Waals surface area (Å²) in [4.78, 5) is 23.1. The Morgan fingerprint density at radius 1 is 1.07 bits per heavy atom. The van der Waals surface area contributed by atoms with Gasteiger partial charge in [-0.15, -0.1) is 0 Å². The topological polar surface area (TPSA) is 61.8 Å². The van der Waals surface area contributed by atoms with Crippen LogP contribution in [0.3, 0.4) is 0 Å². The Morgan fingerprint density at radius 3 is 2.18 bits per heavy atom. The summed E-state index contributed by atoms with van der Waals surface area (Å²) in [5, 5.41) is 0.0406. The predicted octanol–water partition coefficient (Wildman–Crippen LogP) is 5.34. The number of ether oxygens (including phenoxy) is 2. The molecule has 1 atom stereocenters. The molecule has 160 valence electrons. The van der Waals surface area contributed by atoms with Gasteiger partial charge in [0.1, 0.15) is 0 Å². The van der Waals surface area contributed by atoms with E-state index in [4.69, 9.17) is 9.16 Å². The SMILES string of the molecule is C=C(/C=C/CCCC(O[Si](C)(C)C(C)(C)C)C(=C)C(=O)OC)CCC(=O)OC. The minimum absolute atomic E-state index is 0.0406. The average molecular weight is 411 g/mol. The maximum atomic E-state index is 12.0. The van der Waals surface area contributed by atoms with Crippen LogP contribution in [0.5, 0.6) is 0 Å². The Labute approximate surface area is 172 Å². The van der Waals surface area contributed by atoms with Crippen LogP contribution >= 0.6 is 0 Å². The van der Waals surface area contributed by atoms with Gasteiger partial charge in [0, 0.05) is 6.42 Å². The molecule has 5 nitrogen and oxygen atoms in total. The van der Waals surface area contributed by atoms with E-state index in [1.807, 2.05) is 12.2 Å². The molecule has 0 saturated heterocycles. The lowest BCUT2D eigenvalue weighted by molar-refractivity contribution is -0.140. The summed E-state index contributed by atoms with van der Waals surface area (Å²) in [6.45, 7) is 18.7. The smallest absolute Gasteiger partial charge is 0.335 e. The number of allylic oxidation sites excluding steroid dienone is 3. The lowest BCUT2D eigenvalue weighted by Gasteiger charge is -2.39. The lowest BCUT2D eigenvalue weighted by atomic mass is 10.0. The van der Waals surface area contributed by atoms with Crippen LogP contribution < -0.4 is 0 Å². The van der Waals surface area contributed by atoms with E-state index in [9.17, 15) is 9.59 Å². The second kappa shape index (κ2) is 12.0. The van der Waals surface area contributed by atoms with Crippen molar-refractivity contribution in [1.29, 1.82) is 0 Å². The minimum atomic E-state index is -2.05. The maximum Gasteiger partial charge on any atom is 0.335 e. The van der Waals surface area contributed by atoms with Crippen molar-refractivity contribution >= 4 is 20.3 Å². The van der Waals surface area contributed by atoms with E-state index >= 15 is 0 Å². The van der Waals surface area contributed by atoms with E-state index in [1.54, 1.807) is 0 Å². The molecular weight excluding hydrogens is 372 g/mol. The van der Waals surface area contributed by atoms with Crippen molar-refractivity contribution in [2.75, 3.05) is 14.2 Å². The maximum absolute atomic E-state index is 12.0. The van der Waals surface area contributed by atoms with E-state index in [0.717, 1.165) is 18.4 Å². The molecule has 0 fully saturated rings. The van der Waals surface area contributed by atoms with Gasteiger partial charge in [0.2, 0.25) is 0 Å². The number of carbonyl (C=O) groups excluding carboxylic acids is 2. The highest BCUT2D eigenvalue weighted by atomic mass is 28.4. The molecule has 28 heavy (non-hydrogen) atoms. The summed E-state index contributed by atoms with van der Waals surface area (Å²) in [6, 6.07) is 0. The molecule has 0 aliphatic heterocycles. The zero-order valence-electron chi connectivity index (χ0n) is 18.7. The monoisotopic (exact) mass is 410 g/mol. The first-order valence-electron chi connectivity index (χ1n) is 9.71. The summed E-state index contributed by atoms with van der Waals surface area (Å²) < 4.78 is 15.9. The Kier molecular flexibility index (Phi) is 11.3. The highest BCUT2D eigenvalue weighted by Gasteiger charge is 2.40. The van der Waals surface area contributed by atoms with Crippen molar-refractivity contribution in [2.24, 2.45) is 0 Å². The molecule has 1 unspecified atom stereocenters. The van der Waals surface area contributed by atoms with Crippen LogP contribution in [0.15, 0.2) is 36.5 Å². The summed E-state index contributed by atoms with van der Waals surface area (Å²) in [5.41, 5.74) is 1.26. The minimum Gasteiger partial charge on any atom is -0.469 e. The first-order valence-corrected chi connectivity index (χ1v) is 12.6. The van der Waals surface area contributed by atoms with E-state index < -0.39 is 14.3 Å². The summed E-state index contributed by atoms with van der Waals surface area (Å²) in [7, 11) is 0.696. The Hall–Kier alpha value is -1.66. The Morgan fingerprint density at radius 2 is 1.68 bits per heavy atom. The molecule has 0 aromatic rings. The molecule has 6 heteroatoms. The molecule has 0 amide bonds. The highest BCUT2D eigenvalue weighted by molar-refractivity contribution is 6.74. The molecule has 0 saturated carbocycles. The Balaban J connectivity index is 4.75. The molecule has 0 aliphatic rings. The van der Waals surface area contributed by atoms with Gasteiger partial charge in [0.25, 0.3) is 0 Å². The Bertz CT molecular complexity index is 584. The molecule has 0 heterocycles. The van der Waals surface area contributed by atoms with Crippen LogP contribution in [-0.4, -0.2) is 40.6 Å². The van der Waals surface area contributed by atoms with E-state index in [0.29, 0.717) is 24.8 Å². The third kappa shape index (κ3) is 9.51. The number of carbonyl (C=O) groups is 2. The van der Waals surface area contributed by atoms with Crippen molar-refractivity contribution in [1.82, 2.24) is 0 Å². The second-order valence-electron chi connectivity index (χ2n) is 8.45. The van der Waals surface area contributed by atoms with Crippen LogP contribution in [0.4, 0.5) is 0 Å². The van der Waals surface area contributed by atoms with Gasteiger partial charge in [-0.25, -0.2) is 4.79 Å². The molecule has 0 aliphatic carbocycles. The average Bonchev–Trinajstić information content (AvgIpc) is 2.62. The number of methoxy groups -OCH3 is 2. The molecule has 0 rings (SSSR count). The molecule has 0 bridgehead atoms. The fourth-order valence-corrected chi connectivity index (χ4v) is 3.54. The van der Waals surface area contributed by atoms with Crippen LogP contribution in [0.1, 0.15) is 52.9 Å². The van der Waals surface area contributed by atoms with Crippen molar-refractivity contribution in [3.05, 3.63) is 36.5 Å². The third-order valence-corrected chi connectivity index (χ3v) is 9.63. The number of esters is 2. The van der Waals surface area contributed by atoms with Crippen molar-refractivity contribution < 1.29 is 23.5 Å². The molecule has 0 spiro atoms. The number of hydrogen-bond donors (Lipinski definition) is 0. The number of rotatable bonds is 12. The predicted molar refractivity (Wildman–Crippen MR) is 117 cm³/mol. The van der Waals surface area contributed by atoms with Gasteiger partial charge >= 0.3 is 11.9 Å². The fourth-order valence-electron chi connectivity index (χ4n) is 2.22. The van der Waals surface area contributed by atoms with Crippen molar-refractivity contribution in [3.8, 4) is 0 Å². The standard InChI is InChI=1S/C22H38O5Si/c1-17(15-16-20(23)25-6)13-11-10-12-14-19(18(2)21(24)26-7)27-28(8,9)22(3,4)5/h11,13,19H,1-2,10,12,14-16H2,3-9H3/b13-11+. The van der Waals surface area contributed by atoms with Gasteiger partial charge in [-0.2, -0.15) is 0 Å². The molecular formula is C22H38O5Si. The summed E-state index contributed by atoms with van der Waals surface area (Å²) in [5.74, 6) is -0.656. The summed E-state index contributed by atoms with van der Waals surface area (Å²) >= 11 is 0. The van der Waals surface area contributed by atoms with Crippen LogP contribution in [0, 0.1) is 0 Å². The normalized spacial score (nSPS) is 13.2. The van der Waals surface area contributed by atoms with Gasteiger partial charge in [-0.05, 0) is 43.8 Å². The number of unbranched alkanes of at least 4 members (excludes halogenated alkanes) is 1. The summed E-state index contributed by atoms with van der Waals surface area (Å²) in [6.07, 6.45) is 6.90. The molecule has 0 aromatic carbocycles. The quantitative estimate of drug-likeness (QED) is 0.143. The molecule has 0 aromatic heterocycles. The zero-order valence-corrected chi connectivity index (χ0v) is 19.7. The van der Waals surface area contributed by atoms with Gasteiger partial charge in [-0.1, -0.05) is 51.7 Å². The van der Waals surface area contributed by atoms with Crippen LogP contribution in [0.25, 0.3) is 0 Å². The van der Waals surface area contributed by atoms with Gasteiger partial charge in [0.05, 0.1) is 25.9 Å².